The number of hydrogen-bond donors (Lipinski definition) is 1. The van der Waals surface area contributed by atoms with Crippen molar-refractivity contribution >= 4 is 0 Å². The third kappa shape index (κ3) is 4.07. The largest absolute Gasteiger partial charge is 0.308 e. The van der Waals surface area contributed by atoms with E-state index in [1.54, 1.807) is 0 Å². The Kier molecular flexibility index (Phi) is 4.51. The fraction of sp³-hybridized carbons (Fsp3) is 0.667. The Morgan fingerprint density at radius 3 is 1.84 bits per heavy atom. The van der Waals surface area contributed by atoms with Crippen molar-refractivity contribution in [3.8, 4) is 0 Å². The third-order valence-electron chi connectivity index (χ3n) is 4.37. The number of nitrogens with one attached hydrogen (secondary N) is 1. The zero-order chi connectivity index (χ0) is 14.9. The van der Waals surface area contributed by atoms with Gasteiger partial charge in [-0.3, -0.25) is 0 Å². The maximum Gasteiger partial charge on any atom is 0.0213 e. The second-order valence-corrected chi connectivity index (χ2v) is 8.14. The van der Waals surface area contributed by atoms with Gasteiger partial charge in [-0.15, -0.1) is 0 Å². The van der Waals surface area contributed by atoms with Gasteiger partial charge in [0.25, 0.3) is 0 Å². The van der Waals surface area contributed by atoms with Crippen molar-refractivity contribution in [1.82, 2.24) is 5.32 Å². The quantitative estimate of drug-likeness (QED) is 0.816. The van der Waals surface area contributed by atoms with Crippen molar-refractivity contribution in [3.63, 3.8) is 0 Å². The molecule has 0 spiro atoms. The molecule has 1 rings (SSSR count). The second kappa shape index (κ2) is 5.28. The fourth-order valence-corrected chi connectivity index (χ4v) is 2.05. The molecule has 0 aliphatic rings. The van der Waals surface area contributed by atoms with E-state index in [4.69, 9.17) is 0 Å². The number of benzene rings is 1. The molecule has 0 aliphatic carbocycles. The highest BCUT2D eigenvalue weighted by Crippen LogP contribution is 2.42. The summed E-state index contributed by atoms with van der Waals surface area (Å²) in [5.74, 6) is 0. The molecule has 0 fully saturated rings. The number of rotatable bonds is 3. The Bertz CT molecular complexity index is 416. The van der Waals surface area contributed by atoms with E-state index in [-0.39, 0.29) is 16.4 Å². The SMILES string of the molecule is CC(C)(C)NCc1ccccc1C(C)(C)C(C)(C)C. The molecule has 0 heterocycles. The van der Waals surface area contributed by atoms with Gasteiger partial charge in [0.1, 0.15) is 0 Å². The van der Waals surface area contributed by atoms with Crippen LogP contribution in [-0.2, 0) is 12.0 Å². The normalized spacial score (nSPS) is 13.7. The van der Waals surface area contributed by atoms with Crippen LogP contribution in [0.2, 0.25) is 0 Å². The molecule has 108 valence electrons. The van der Waals surface area contributed by atoms with Gasteiger partial charge in [0.15, 0.2) is 0 Å². The Hall–Kier alpha value is -0.820. The van der Waals surface area contributed by atoms with Crippen LogP contribution in [-0.4, -0.2) is 5.54 Å². The highest BCUT2D eigenvalue weighted by atomic mass is 14.9. The van der Waals surface area contributed by atoms with Crippen LogP contribution in [0.5, 0.6) is 0 Å². The van der Waals surface area contributed by atoms with Crippen molar-refractivity contribution in [2.75, 3.05) is 0 Å². The lowest BCUT2D eigenvalue weighted by molar-refractivity contribution is 0.223. The molecule has 0 aromatic heterocycles. The van der Waals surface area contributed by atoms with Gasteiger partial charge in [0.2, 0.25) is 0 Å². The lowest BCUT2D eigenvalue weighted by Crippen LogP contribution is -2.38. The molecule has 0 saturated carbocycles. The number of hydrogen-bond acceptors (Lipinski definition) is 1. The maximum absolute atomic E-state index is 3.60. The minimum Gasteiger partial charge on any atom is -0.308 e. The average molecular weight is 261 g/mol. The van der Waals surface area contributed by atoms with Gasteiger partial charge in [-0.25, -0.2) is 0 Å². The van der Waals surface area contributed by atoms with Crippen molar-refractivity contribution in [3.05, 3.63) is 35.4 Å². The van der Waals surface area contributed by atoms with Crippen LogP contribution in [0.15, 0.2) is 24.3 Å². The Morgan fingerprint density at radius 2 is 1.37 bits per heavy atom. The summed E-state index contributed by atoms with van der Waals surface area (Å²) in [7, 11) is 0. The van der Waals surface area contributed by atoms with Crippen LogP contribution in [0.1, 0.15) is 66.5 Å². The topological polar surface area (TPSA) is 12.0 Å². The standard InChI is InChI=1S/C18H31N/c1-16(2,3)18(7,8)15-12-10-9-11-14(15)13-19-17(4,5)6/h9-12,19H,13H2,1-8H3. The lowest BCUT2D eigenvalue weighted by atomic mass is 9.64. The van der Waals surface area contributed by atoms with Gasteiger partial charge in [0, 0.05) is 12.1 Å². The van der Waals surface area contributed by atoms with Crippen molar-refractivity contribution in [2.45, 2.75) is 72.9 Å². The van der Waals surface area contributed by atoms with Crippen molar-refractivity contribution < 1.29 is 0 Å². The maximum atomic E-state index is 3.60. The molecule has 1 aromatic rings. The fourth-order valence-electron chi connectivity index (χ4n) is 2.05. The molecule has 0 bridgehead atoms. The zero-order valence-corrected chi connectivity index (χ0v) is 14.0. The van der Waals surface area contributed by atoms with Gasteiger partial charge in [0.05, 0.1) is 0 Å². The molecular formula is C18H31N. The smallest absolute Gasteiger partial charge is 0.0213 e. The predicted molar refractivity (Wildman–Crippen MR) is 85.5 cm³/mol. The summed E-state index contributed by atoms with van der Waals surface area (Å²) in [6.45, 7) is 19.2. The van der Waals surface area contributed by atoms with Crippen LogP contribution in [0, 0.1) is 5.41 Å². The minimum atomic E-state index is 0.152. The second-order valence-electron chi connectivity index (χ2n) is 8.14. The molecule has 1 N–H and O–H groups in total. The summed E-state index contributed by atoms with van der Waals surface area (Å²) >= 11 is 0. The average Bonchev–Trinajstić information content (AvgIpc) is 2.24. The van der Waals surface area contributed by atoms with E-state index in [0.29, 0.717) is 0 Å². The van der Waals surface area contributed by atoms with E-state index in [9.17, 15) is 0 Å². The zero-order valence-electron chi connectivity index (χ0n) is 14.0. The lowest BCUT2D eigenvalue weighted by Gasteiger charge is -2.41. The van der Waals surface area contributed by atoms with Crippen molar-refractivity contribution in [1.29, 1.82) is 0 Å². The summed E-state index contributed by atoms with van der Waals surface area (Å²) in [4.78, 5) is 0. The van der Waals surface area contributed by atoms with Gasteiger partial charge in [-0.2, -0.15) is 0 Å². The first-order chi connectivity index (χ1) is 8.45. The molecule has 0 unspecified atom stereocenters. The van der Waals surface area contributed by atoms with E-state index in [1.807, 2.05) is 0 Å². The molecule has 1 aromatic carbocycles. The molecule has 1 nitrogen and oxygen atoms in total. The Balaban J connectivity index is 3.09. The molecule has 0 atom stereocenters. The van der Waals surface area contributed by atoms with Crippen LogP contribution >= 0.6 is 0 Å². The molecular weight excluding hydrogens is 230 g/mol. The highest BCUT2D eigenvalue weighted by Gasteiger charge is 2.35. The Labute approximate surface area is 119 Å². The predicted octanol–water partition coefficient (Wildman–Crippen LogP) is 4.90. The van der Waals surface area contributed by atoms with Gasteiger partial charge in [-0.1, -0.05) is 58.9 Å². The summed E-state index contributed by atoms with van der Waals surface area (Å²) in [5, 5.41) is 3.60. The van der Waals surface area contributed by atoms with E-state index in [0.717, 1.165) is 6.54 Å². The molecule has 0 radical (unpaired) electrons. The summed E-state index contributed by atoms with van der Waals surface area (Å²) in [6, 6.07) is 8.83. The van der Waals surface area contributed by atoms with E-state index < -0.39 is 0 Å². The first-order valence-corrected chi connectivity index (χ1v) is 7.28. The third-order valence-corrected chi connectivity index (χ3v) is 4.37. The molecule has 19 heavy (non-hydrogen) atoms. The molecule has 1 heteroatoms. The summed E-state index contributed by atoms with van der Waals surface area (Å²) in [6.07, 6.45) is 0. The van der Waals surface area contributed by atoms with Crippen LogP contribution in [0.3, 0.4) is 0 Å². The molecule has 0 aliphatic heterocycles. The highest BCUT2D eigenvalue weighted by molar-refractivity contribution is 5.35. The summed E-state index contributed by atoms with van der Waals surface area (Å²) in [5.41, 5.74) is 3.42. The molecule has 0 saturated heterocycles. The summed E-state index contributed by atoms with van der Waals surface area (Å²) < 4.78 is 0. The van der Waals surface area contributed by atoms with Crippen LogP contribution < -0.4 is 5.32 Å². The van der Waals surface area contributed by atoms with Gasteiger partial charge >= 0.3 is 0 Å². The van der Waals surface area contributed by atoms with Crippen LogP contribution in [0.25, 0.3) is 0 Å². The first-order valence-electron chi connectivity index (χ1n) is 7.28. The first kappa shape index (κ1) is 16.2. The van der Waals surface area contributed by atoms with Crippen LogP contribution in [0.4, 0.5) is 0 Å². The minimum absolute atomic E-state index is 0.152. The molecule has 0 amide bonds. The van der Waals surface area contributed by atoms with Gasteiger partial charge in [-0.05, 0) is 42.7 Å². The Morgan fingerprint density at radius 1 is 0.842 bits per heavy atom. The van der Waals surface area contributed by atoms with E-state index >= 15 is 0 Å². The van der Waals surface area contributed by atoms with Gasteiger partial charge < -0.3 is 5.32 Å². The van der Waals surface area contributed by atoms with Crippen molar-refractivity contribution in [2.24, 2.45) is 5.41 Å². The van der Waals surface area contributed by atoms with E-state index in [2.05, 4.69) is 85.0 Å². The van der Waals surface area contributed by atoms with E-state index in [1.165, 1.54) is 11.1 Å². The monoisotopic (exact) mass is 261 g/mol.